The third-order valence-corrected chi connectivity index (χ3v) is 3.94. The third-order valence-electron chi connectivity index (χ3n) is 2.91. The van der Waals surface area contributed by atoms with Crippen LogP contribution in [-0.4, -0.2) is 46.6 Å². The second kappa shape index (κ2) is 9.30. The number of nitrogens with zero attached hydrogens (tertiary/aromatic N) is 1. The van der Waals surface area contributed by atoms with Crippen molar-refractivity contribution in [2.45, 2.75) is 19.9 Å². The number of rotatable bonds is 8. The monoisotopic (exact) mass is 327 g/mol. The molecular weight excluding hydrogens is 302 g/mol. The van der Waals surface area contributed by atoms with Crippen molar-refractivity contribution >= 4 is 15.8 Å². The molecule has 0 aliphatic carbocycles. The van der Waals surface area contributed by atoms with Gasteiger partial charge in [-0.25, -0.2) is 13.4 Å². The van der Waals surface area contributed by atoms with Crippen LogP contribution in [0.15, 0.2) is 29.3 Å². The first-order chi connectivity index (χ1) is 10.4. The van der Waals surface area contributed by atoms with Gasteiger partial charge in [-0.15, -0.1) is 0 Å². The molecule has 22 heavy (non-hydrogen) atoms. The summed E-state index contributed by atoms with van der Waals surface area (Å²) in [7, 11) is -1.27. The summed E-state index contributed by atoms with van der Waals surface area (Å²) in [6, 6.07) is 7.74. The highest BCUT2D eigenvalue weighted by Gasteiger charge is 2.02. The minimum absolute atomic E-state index is 0.178. The number of benzene rings is 1. The first-order valence-corrected chi connectivity index (χ1v) is 9.33. The molecule has 0 radical (unpaired) electrons. The number of guanidine groups is 1. The molecule has 0 saturated carbocycles. The highest BCUT2D eigenvalue weighted by molar-refractivity contribution is 7.90. The molecule has 0 atom stereocenters. The number of methoxy groups -OCH3 is 1. The van der Waals surface area contributed by atoms with Gasteiger partial charge in [-0.05, 0) is 31.0 Å². The van der Waals surface area contributed by atoms with Crippen molar-refractivity contribution in [3.63, 3.8) is 0 Å². The Morgan fingerprint density at radius 2 is 1.91 bits per heavy atom. The van der Waals surface area contributed by atoms with Gasteiger partial charge >= 0.3 is 0 Å². The van der Waals surface area contributed by atoms with E-state index in [0.29, 0.717) is 25.5 Å². The molecule has 0 unspecified atom stereocenters. The quantitative estimate of drug-likeness (QED) is 0.426. The lowest BCUT2D eigenvalue weighted by molar-refractivity contribution is 0.414. The number of ether oxygens (including phenoxy) is 1. The maximum atomic E-state index is 11.1. The average Bonchev–Trinajstić information content (AvgIpc) is 2.48. The molecular formula is C15H25N3O3S. The smallest absolute Gasteiger partial charge is 0.191 e. The zero-order valence-corrected chi connectivity index (χ0v) is 14.2. The Bertz CT molecular complexity index is 568. The van der Waals surface area contributed by atoms with Crippen LogP contribution < -0.4 is 15.4 Å². The lowest BCUT2D eigenvalue weighted by Crippen LogP contribution is -2.38. The van der Waals surface area contributed by atoms with Crippen molar-refractivity contribution in [3.05, 3.63) is 29.8 Å². The summed E-state index contributed by atoms with van der Waals surface area (Å²) < 4.78 is 27.3. The molecule has 1 aromatic carbocycles. The van der Waals surface area contributed by atoms with E-state index in [1.54, 1.807) is 7.11 Å². The van der Waals surface area contributed by atoms with Gasteiger partial charge in [0.2, 0.25) is 0 Å². The van der Waals surface area contributed by atoms with Gasteiger partial charge in [0.1, 0.15) is 15.6 Å². The van der Waals surface area contributed by atoms with E-state index in [2.05, 4.69) is 15.6 Å². The van der Waals surface area contributed by atoms with Crippen molar-refractivity contribution in [3.8, 4) is 5.75 Å². The van der Waals surface area contributed by atoms with Crippen LogP contribution in [0, 0.1) is 0 Å². The Morgan fingerprint density at radius 1 is 1.23 bits per heavy atom. The summed E-state index contributed by atoms with van der Waals surface area (Å²) in [4.78, 5) is 4.48. The van der Waals surface area contributed by atoms with E-state index in [-0.39, 0.29) is 5.75 Å². The van der Waals surface area contributed by atoms with Crippen LogP contribution in [0.4, 0.5) is 0 Å². The largest absolute Gasteiger partial charge is 0.497 e. The Kier molecular flexibility index (Phi) is 7.73. The molecule has 0 aliphatic rings. The predicted octanol–water partition coefficient (Wildman–Crippen LogP) is 1.19. The fourth-order valence-corrected chi connectivity index (χ4v) is 2.45. The second-order valence-electron chi connectivity index (χ2n) is 4.95. The molecule has 6 nitrogen and oxygen atoms in total. The van der Waals surface area contributed by atoms with Crippen LogP contribution in [0.1, 0.15) is 18.9 Å². The molecule has 0 saturated heterocycles. The number of hydrogen-bond donors (Lipinski definition) is 2. The number of aliphatic imine (C=N–C) groups is 1. The zero-order chi connectivity index (χ0) is 16.4. The Labute approximate surface area is 132 Å². The number of hydrogen-bond acceptors (Lipinski definition) is 4. The summed E-state index contributed by atoms with van der Waals surface area (Å²) in [5.74, 6) is 1.68. The van der Waals surface area contributed by atoms with Crippen LogP contribution in [0.3, 0.4) is 0 Å². The number of sulfone groups is 1. The highest BCUT2D eigenvalue weighted by Crippen LogP contribution is 2.11. The maximum absolute atomic E-state index is 11.1. The minimum atomic E-state index is -2.91. The third kappa shape index (κ3) is 7.87. The van der Waals surface area contributed by atoms with E-state index in [1.807, 2.05) is 31.2 Å². The molecule has 7 heteroatoms. The maximum Gasteiger partial charge on any atom is 0.191 e. The van der Waals surface area contributed by atoms with Gasteiger partial charge < -0.3 is 15.4 Å². The molecule has 0 fully saturated rings. The SMILES string of the molecule is CCNC(=NCc1ccc(OC)cc1)NCCCS(C)(=O)=O. The Hall–Kier alpha value is -1.76. The van der Waals surface area contributed by atoms with Gasteiger partial charge in [-0.2, -0.15) is 0 Å². The fraction of sp³-hybridized carbons (Fsp3) is 0.533. The summed E-state index contributed by atoms with van der Waals surface area (Å²) in [6.45, 7) is 3.86. The molecule has 0 aromatic heterocycles. The second-order valence-corrected chi connectivity index (χ2v) is 7.21. The molecule has 2 N–H and O–H groups in total. The van der Waals surface area contributed by atoms with Crippen molar-refractivity contribution in [1.29, 1.82) is 0 Å². The van der Waals surface area contributed by atoms with Crippen LogP contribution >= 0.6 is 0 Å². The highest BCUT2D eigenvalue weighted by atomic mass is 32.2. The standard InChI is InChI=1S/C15H25N3O3S/c1-4-16-15(17-10-5-11-22(3,19)20)18-12-13-6-8-14(21-2)9-7-13/h6-9H,4-5,10-12H2,1-3H3,(H2,16,17,18). The molecule has 0 amide bonds. The molecule has 0 heterocycles. The number of nitrogens with one attached hydrogen (secondary N) is 2. The topological polar surface area (TPSA) is 79.8 Å². The van der Waals surface area contributed by atoms with Crippen LogP contribution in [0.2, 0.25) is 0 Å². The summed E-state index contributed by atoms with van der Waals surface area (Å²) in [5.41, 5.74) is 1.08. The van der Waals surface area contributed by atoms with Gasteiger partial charge in [0.25, 0.3) is 0 Å². The van der Waals surface area contributed by atoms with Gasteiger partial charge in [-0.1, -0.05) is 12.1 Å². The van der Waals surface area contributed by atoms with E-state index < -0.39 is 9.84 Å². The van der Waals surface area contributed by atoms with E-state index in [4.69, 9.17) is 4.74 Å². The first-order valence-electron chi connectivity index (χ1n) is 7.27. The normalized spacial score (nSPS) is 12.0. The Balaban J connectivity index is 2.49. The fourth-order valence-electron chi connectivity index (χ4n) is 1.78. The summed E-state index contributed by atoms with van der Waals surface area (Å²) >= 11 is 0. The molecule has 0 bridgehead atoms. The van der Waals surface area contributed by atoms with E-state index >= 15 is 0 Å². The lowest BCUT2D eigenvalue weighted by Gasteiger charge is -2.11. The van der Waals surface area contributed by atoms with Crippen molar-refractivity contribution in [2.75, 3.05) is 32.2 Å². The van der Waals surface area contributed by atoms with Crippen LogP contribution in [-0.2, 0) is 16.4 Å². The van der Waals surface area contributed by atoms with Crippen molar-refractivity contribution in [1.82, 2.24) is 10.6 Å². The summed E-state index contributed by atoms with van der Waals surface area (Å²) in [5, 5.41) is 6.27. The van der Waals surface area contributed by atoms with Crippen molar-refractivity contribution < 1.29 is 13.2 Å². The zero-order valence-electron chi connectivity index (χ0n) is 13.4. The van der Waals surface area contributed by atoms with Crippen molar-refractivity contribution in [2.24, 2.45) is 4.99 Å². The van der Waals surface area contributed by atoms with Crippen LogP contribution in [0.25, 0.3) is 0 Å². The molecule has 0 spiro atoms. The van der Waals surface area contributed by atoms with Gasteiger partial charge in [0, 0.05) is 19.3 Å². The van der Waals surface area contributed by atoms with E-state index in [9.17, 15) is 8.42 Å². The van der Waals surface area contributed by atoms with Crippen LogP contribution in [0.5, 0.6) is 5.75 Å². The van der Waals surface area contributed by atoms with E-state index in [1.165, 1.54) is 6.26 Å². The predicted molar refractivity (Wildman–Crippen MR) is 90.1 cm³/mol. The van der Waals surface area contributed by atoms with Gasteiger partial charge in [0.15, 0.2) is 5.96 Å². The lowest BCUT2D eigenvalue weighted by atomic mass is 10.2. The average molecular weight is 327 g/mol. The van der Waals surface area contributed by atoms with Gasteiger partial charge in [-0.3, -0.25) is 0 Å². The Morgan fingerprint density at radius 3 is 2.45 bits per heavy atom. The molecule has 1 rings (SSSR count). The first kappa shape index (κ1) is 18.3. The van der Waals surface area contributed by atoms with Gasteiger partial charge in [0.05, 0.1) is 19.4 Å². The summed E-state index contributed by atoms with van der Waals surface area (Å²) in [6.07, 6.45) is 1.81. The van der Waals surface area contributed by atoms with E-state index in [0.717, 1.165) is 17.9 Å². The molecule has 0 aliphatic heterocycles. The minimum Gasteiger partial charge on any atom is -0.497 e. The molecule has 124 valence electrons. The molecule has 1 aromatic rings.